The molecule has 5 heteroatoms. The summed E-state index contributed by atoms with van der Waals surface area (Å²) in [4.78, 5) is 13.4. The van der Waals surface area contributed by atoms with Crippen molar-refractivity contribution in [2.24, 2.45) is 5.92 Å². The van der Waals surface area contributed by atoms with Crippen LogP contribution in [0.5, 0.6) is 0 Å². The summed E-state index contributed by atoms with van der Waals surface area (Å²) < 4.78 is 6.28. The molecule has 0 saturated carbocycles. The largest absolute Gasteiger partial charge is 0.468 e. The van der Waals surface area contributed by atoms with Crippen molar-refractivity contribution in [1.82, 2.24) is 5.32 Å². The molecule has 1 aromatic rings. The molecule has 0 spiro atoms. The van der Waals surface area contributed by atoms with Gasteiger partial charge in [0.05, 0.1) is 9.99 Å². The summed E-state index contributed by atoms with van der Waals surface area (Å²) in [6.45, 7) is 4.27. The van der Waals surface area contributed by atoms with Crippen LogP contribution in [0, 0.1) is 8.80 Å². The van der Waals surface area contributed by atoms with Crippen molar-refractivity contribution in [3.8, 4) is 0 Å². The van der Waals surface area contributed by atoms with Gasteiger partial charge in [0.25, 0.3) is 0 Å². The SMILES string of the molecule is COC(=O)C(CC(C)C)NC1CCCc2sc(I)cc21. The number of ether oxygens (including phenoxy) is 1. The molecule has 1 aliphatic rings. The van der Waals surface area contributed by atoms with E-state index in [-0.39, 0.29) is 12.0 Å². The molecule has 2 atom stereocenters. The number of carbonyl (C=O) groups is 1. The van der Waals surface area contributed by atoms with Crippen LogP contribution in [-0.4, -0.2) is 19.1 Å². The van der Waals surface area contributed by atoms with E-state index in [1.165, 1.54) is 33.3 Å². The van der Waals surface area contributed by atoms with Gasteiger partial charge in [-0.3, -0.25) is 10.1 Å². The van der Waals surface area contributed by atoms with Crippen molar-refractivity contribution in [3.05, 3.63) is 19.4 Å². The Morgan fingerprint density at radius 2 is 2.35 bits per heavy atom. The average Bonchev–Trinajstić information content (AvgIpc) is 2.78. The number of thiophene rings is 1. The maximum absolute atomic E-state index is 12.0. The topological polar surface area (TPSA) is 38.3 Å². The van der Waals surface area contributed by atoms with E-state index in [1.807, 2.05) is 11.3 Å². The summed E-state index contributed by atoms with van der Waals surface area (Å²) in [5.41, 5.74) is 1.39. The monoisotopic (exact) mass is 407 g/mol. The normalized spacial score (nSPS) is 19.8. The standard InChI is InChI=1S/C15H22INO2S/c1-9(2)7-12(15(18)19-3)17-11-5-4-6-13-10(11)8-14(16)20-13/h8-9,11-12,17H,4-7H2,1-3H3. The van der Waals surface area contributed by atoms with E-state index in [2.05, 4.69) is 47.8 Å². The zero-order valence-corrected chi connectivity index (χ0v) is 15.2. The van der Waals surface area contributed by atoms with Crippen LogP contribution in [0.25, 0.3) is 0 Å². The summed E-state index contributed by atoms with van der Waals surface area (Å²) in [5.74, 6) is 0.327. The molecule has 1 heterocycles. The van der Waals surface area contributed by atoms with Crippen molar-refractivity contribution in [2.45, 2.75) is 51.6 Å². The van der Waals surface area contributed by atoms with Gasteiger partial charge in [-0.15, -0.1) is 11.3 Å². The van der Waals surface area contributed by atoms with Crippen molar-refractivity contribution >= 4 is 39.9 Å². The highest BCUT2D eigenvalue weighted by Crippen LogP contribution is 2.36. The summed E-state index contributed by atoms with van der Waals surface area (Å²) in [6.07, 6.45) is 4.29. The molecule has 1 aromatic heterocycles. The van der Waals surface area contributed by atoms with E-state index in [0.717, 1.165) is 12.8 Å². The minimum absolute atomic E-state index is 0.143. The van der Waals surface area contributed by atoms with E-state index in [0.29, 0.717) is 12.0 Å². The average molecular weight is 407 g/mol. The second kappa shape index (κ2) is 7.22. The molecule has 2 unspecified atom stereocenters. The van der Waals surface area contributed by atoms with Crippen molar-refractivity contribution in [1.29, 1.82) is 0 Å². The van der Waals surface area contributed by atoms with Crippen LogP contribution in [0.1, 0.15) is 49.6 Å². The lowest BCUT2D eigenvalue weighted by molar-refractivity contribution is -0.143. The molecular formula is C15H22INO2S. The molecule has 0 saturated heterocycles. The molecule has 0 fully saturated rings. The van der Waals surface area contributed by atoms with Gasteiger partial charge in [0.15, 0.2) is 0 Å². The summed E-state index contributed by atoms with van der Waals surface area (Å²) in [6, 6.07) is 2.36. The van der Waals surface area contributed by atoms with Crippen LogP contribution in [0.4, 0.5) is 0 Å². The van der Waals surface area contributed by atoms with Crippen molar-refractivity contribution in [3.63, 3.8) is 0 Å². The zero-order valence-electron chi connectivity index (χ0n) is 12.2. The second-order valence-corrected chi connectivity index (χ2v) is 8.78. The second-order valence-electron chi connectivity index (χ2n) is 5.75. The molecule has 2 rings (SSSR count). The van der Waals surface area contributed by atoms with E-state index in [4.69, 9.17) is 4.74 Å². The molecule has 3 nitrogen and oxygen atoms in total. The first-order valence-electron chi connectivity index (χ1n) is 7.13. The van der Waals surface area contributed by atoms with Crippen molar-refractivity contribution in [2.75, 3.05) is 7.11 Å². The minimum atomic E-state index is -0.200. The highest BCUT2D eigenvalue weighted by Gasteiger charge is 2.28. The number of hydrogen-bond acceptors (Lipinski definition) is 4. The summed E-state index contributed by atoms with van der Waals surface area (Å²) >= 11 is 4.26. The fourth-order valence-electron chi connectivity index (χ4n) is 2.78. The summed E-state index contributed by atoms with van der Waals surface area (Å²) in [5, 5.41) is 3.54. The van der Waals surface area contributed by atoms with E-state index in [1.54, 1.807) is 0 Å². The minimum Gasteiger partial charge on any atom is -0.468 e. The first kappa shape index (κ1) is 16.2. The quantitative estimate of drug-likeness (QED) is 0.594. The van der Waals surface area contributed by atoms with Gasteiger partial charge in [-0.25, -0.2) is 0 Å². The molecule has 0 aromatic carbocycles. The number of hydrogen-bond donors (Lipinski definition) is 1. The molecular weight excluding hydrogens is 385 g/mol. The Bertz CT molecular complexity index is 472. The van der Waals surface area contributed by atoms with Gasteiger partial charge in [-0.2, -0.15) is 0 Å². The highest BCUT2D eigenvalue weighted by atomic mass is 127. The van der Waals surface area contributed by atoms with Crippen LogP contribution in [-0.2, 0) is 16.0 Å². The first-order chi connectivity index (χ1) is 9.51. The third kappa shape index (κ3) is 3.95. The van der Waals surface area contributed by atoms with E-state index < -0.39 is 0 Å². The molecule has 112 valence electrons. The molecule has 1 N–H and O–H groups in total. The Kier molecular flexibility index (Phi) is 5.86. The predicted octanol–water partition coefficient (Wildman–Crippen LogP) is 3.91. The smallest absolute Gasteiger partial charge is 0.322 e. The Hall–Kier alpha value is -0.140. The van der Waals surface area contributed by atoms with Gasteiger partial charge >= 0.3 is 5.97 Å². The number of esters is 1. The van der Waals surface area contributed by atoms with Gasteiger partial charge in [0.2, 0.25) is 0 Å². The Labute approximate surface area is 138 Å². The van der Waals surface area contributed by atoms with Crippen LogP contribution in [0.3, 0.4) is 0 Å². The number of methoxy groups -OCH3 is 1. The van der Waals surface area contributed by atoms with Gasteiger partial charge in [0.1, 0.15) is 6.04 Å². The lowest BCUT2D eigenvalue weighted by Crippen LogP contribution is -2.41. The molecule has 1 aliphatic carbocycles. The zero-order chi connectivity index (χ0) is 14.7. The number of aryl methyl sites for hydroxylation is 1. The third-order valence-electron chi connectivity index (χ3n) is 3.68. The van der Waals surface area contributed by atoms with Crippen LogP contribution >= 0.6 is 33.9 Å². The van der Waals surface area contributed by atoms with Gasteiger partial charge in [-0.05, 0) is 65.8 Å². The Morgan fingerprint density at radius 1 is 1.60 bits per heavy atom. The van der Waals surface area contributed by atoms with E-state index in [9.17, 15) is 4.79 Å². The lowest BCUT2D eigenvalue weighted by Gasteiger charge is -2.28. The molecule has 20 heavy (non-hydrogen) atoms. The number of halogens is 1. The number of fused-ring (bicyclic) bond motifs is 1. The molecule has 0 amide bonds. The maximum Gasteiger partial charge on any atom is 0.322 e. The molecule has 0 aliphatic heterocycles. The lowest BCUT2D eigenvalue weighted by atomic mass is 9.92. The van der Waals surface area contributed by atoms with Crippen LogP contribution < -0.4 is 5.32 Å². The Morgan fingerprint density at radius 3 is 3.00 bits per heavy atom. The molecule has 0 radical (unpaired) electrons. The predicted molar refractivity (Wildman–Crippen MR) is 91.1 cm³/mol. The number of nitrogens with one attached hydrogen (secondary N) is 1. The van der Waals surface area contributed by atoms with E-state index >= 15 is 0 Å². The third-order valence-corrected chi connectivity index (χ3v) is 5.65. The fraction of sp³-hybridized carbons (Fsp3) is 0.667. The fourth-order valence-corrected chi connectivity index (χ4v) is 4.90. The molecule has 0 bridgehead atoms. The van der Waals surface area contributed by atoms with Crippen LogP contribution in [0.2, 0.25) is 0 Å². The van der Waals surface area contributed by atoms with Gasteiger partial charge < -0.3 is 4.74 Å². The summed E-state index contributed by atoms with van der Waals surface area (Å²) in [7, 11) is 1.47. The first-order valence-corrected chi connectivity index (χ1v) is 9.02. The number of carbonyl (C=O) groups excluding carboxylic acids is 1. The maximum atomic E-state index is 12.0. The number of rotatable bonds is 5. The Balaban J connectivity index is 2.12. The van der Waals surface area contributed by atoms with Crippen LogP contribution in [0.15, 0.2) is 6.07 Å². The highest BCUT2D eigenvalue weighted by molar-refractivity contribution is 14.1. The van der Waals surface area contributed by atoms with Crippen molar-refractivity contribution < 1.29 is 9.53 Å². The van der Waals surface area contributed by atoms with Gasteiger partial charge in [-0.1, -0.05) is 13.8 Å². The van der Waals surface area contributed by atoms with Gasteiger partial charge in [0, 0.05) is 10.9 Å².